The van der Waals surface area contributed by atoms with Crippen LogP contribution in [0, 0.1) is 0 Å². The first-order valence-corrected chi connectivity index (χ1v) is 7.97. The highest BCUT2D eigenvalue weighted by atomic mass is 16.7. The molecule has 1 aromatic carbocycles. The molecule has 1 unspecified atom stereocenters. The molecule has 0 spiro atoms. The molecule has 1 atom stereocenters. The standard InChI is InChI=1S/C16H18N6O2/c23-16(13-5-1-2-6-14(13)22-17-8-9-18-22)20-10-4-3-7-15(20)21-11-12-24-19-21/h1-2,5-6,8-9,11-12,15,19H,3-4,7,10H2. The maximum atomic E-state index is 13.2. The first kappa shape index (κ1) is 14.7. The molecule has 4 rings (SSSR count). The number of carbonyl (C=O) groups is 1. The first-order chi connectivity index (χ1) is 11.8. The van der Waals surface area contributed by atoms with Gasteiger partial charge in [-0.1, -0.05) is 17.7 Å². The Kier molecular flexibility index (Phi) is 3.87. The number of piperidine rings is 1. The third-order valence-corrected chi connectivity index (χ3v) is 4.27. The predicted molar refractivity (Wildman–Crippen MR) is 85.2 cm³/mol. The smallest absolute Gasteiger partial charge is 0.257 e. The van der Waals surface area contributed by atoms with Crippen LogP contribution in [0.5, 0.6) is 0 Å². The molecular formula is C16H18N6O2. The largest absolute Gasteiger partial charge is 0.395 e. The van der Waals surface area contributed by atoms with Gasteiger partial charge < -0.3 is 9.74 Å². The van der Waals surface area contributed by atoms with Gasteiger partial charge in [-0.25, -0.2) is 0 Å². The summed E-state index contributed by atoms with van der Waals surface area (Å²) in [6.45, 7) is 0.705. The van der Waals surface area contributed by atoms with Gasteiger partial charge in [-0.15, -0.1) is 0 Å². The molecule has 8 nitrogen and oxygen atoms in total. The summed E-state index contributed by atoms with van der Waals surface area (Å²) in [7, 11) is 0. The molecule has 124 valence electrons. The lowest BCUT2D eigenvalue weighted by atomic mass is 10.0. The molecule has 8 heteroatoms. The molecular weight excluding hydrogens is 308 g/mol. The topological polar surface area (TPSA) is 75.5 Å². The van der Waals surface area contributed by atoms with Gasteiger partial charge in [-0.2, -0.15) is 15.0 Å². The van der Waals surface area contributed by atoms with Crippen molar-refractivity contribution in [2.24, 2.45) is 0 Å². The van der Waals surface area contributed by atoms with Crippen LogP contribution in [0.15, 0.2) is 49.1 Å². The quantitative estimate of drug-likeness (QED) is 0.920. The van der Waals surface area contributed by atoms with Gasteiger partial charge >= 0.3 is 0 Å². The van der Waals surface area contributed by atoms with Crippen molar-refractivity contribution in [1.82, 2.24) is 30.5 Å². The number of likely N-dealkylation sites (tertiary alicyclic amines) is 1. The molecule has 0 radical (unpaired) electrons. The van der Waals surface area contributed by atoms with E-state index >= 15 is 0 Å². The fourth-order valence-corrected chi connectivity index (χ4v) is 3.14. The van der Waals surface area contributed by atoms with E-state index in [0.29, 0.717) is 17.8 Å². The molecule has 0 aliphatic carbocycles. The van der Waals surface area contributed by atoms with Gasteiger partial charge in [-0.3, -0.25) is 9.80 Å². The van der Waals surface area contributed by atoms with Crippen LogP contribution in [-0.2, 0) is 4.84 Å². The van der Waals surface area contributed by atoms with Gasteiger partial charge in [0.25, 0.3) is 5.91 Å². The van der Waals surface area contributed by atoms with E-state index in [1.54, 1.807) is 24.9 Å². The van der Waals surface area contributed by atoms with E-state index in [9.17, 15) is 4.79 Å². The molecule has 1 N–H and O–H groups in total. The third-order valence-electron chi connectivity index (χ3n) is 4.27. The van der Waals surface area contributed by atoms with Gasteiger partial charge in [0.05, 0.1) is 29.8 Å². The number of rotatable bonds is 3. The Labute approximate surface area is 139 Å². The van der Waals surface area contributed by atoms with Crippen LogP contribution in [-0.4, -0.2) is 43.5 Å². The lowest BCUT2D eigenvalue weighted by Gasteiger charge is -2.40. The summed E-state index contributed by atoms with van der Waals surface area (Å²) < 4.78 is 0. The van der Waals surface area contributed by atoms with Gasteiger partial charge in [0, 0.05) is 6.54 Å². The maximum Gasteiger partial charge on any atom is 0.257 e. The zero-order valence-corrected chi connectivity index (χ0v) is 13.1. The van der Waals surface area contributed by atoms with Crippen molar-refractivity contribution in [3.8, 4) is 5.69 Å². The molecule has 1 saturated heterocycles. The van der Waals surface area contributed by atoms with E-state index in [-0.39, 0.29) is 12.1 Å². The Bertz CT molecular complexity index is 745. The minimum Gasteiger partial charge on any atom is -0.395 e. The van der Waals surface area contributed by atoms with Crippen molar-refractivity contribution >= 4 is 5.91 Å². The van der Waals surface area contributed by atoms with E-state index in [1.807, 2.05) is 34.2 Å². The third kappa shape index (κ3) is 2.61. The number of hydrogen-bond acceptors (Lipinski definition) is 6. The highest BCUT2D eigenvalue weighted by molar-refractivity contribution is 5.97. The Morgan fingerprint density at radius 2 is 2.04 bits per heavy atom. The van der Waals surface area contributed by atoms with Crippen molar-refractivity contribution in [1.29, 1.82) is 0 Å². The maximum absolute atomic E-state index is 13.2. The second-order valence-electron chi connectivity index (χ2n) is 5.71. The summed E-state index contributed by atoms with van der Waals surface area (Å²) >= 11 is 0. The van der Waals surface area contributed by atoms with Crippen LogP contribution in [0.3, 0.4) is 0 Å². The summed E-state index contributed by atoms with van der Waals surface area (Å²) in [5, 5.41) is 10.1. The molecule has 1 fully saturated rings. The lowest BCUT2D eigenvalue weighted by Crippen LogP contribution is -2.54. The zero-order valence-electron chi connectivity index (χ0n) is 13.1. The molecule has 1 amide bonds. The van der Waals surface area contributed by atoms with Crippen LogP contribution in [0.2, 0.25) is 0 Å². The summed E-state index contributed by atoms with van der Waals surface area (Å²) in [5.41, 5.74) is 4.07. The molecule has 2 aliphatic heterocycles. The van der Waals surface area contributed by atoms with Gasteiger partial charge in [-0.05, 0) is 31.4 Å². The van der Waals surface area contributed by atoms with Crippen molar-refractivity contribution in [2.75, 3.05) is 6.54 Å². The number of benzene rings is 1. The summed E-state index contributed by atoms with van der Waals surface area (Å²) in [6.07, 6.45) is 9.43. The fraction of sp³-hybridized carbons (Fsp3) is 0.312. The first-order valence-electron chi connectivity index (χ1n) is 7.97. The normalized spacial score (nSPS) is 20.2. The second kappa shape index (κ2) is 6.32. The Hall–Kier alpha value is -2.87. The highest BCUT2D eigenvalue weighted by Gasteiger charge is 2.33. The second-order valence-corrected chi connectivity index (χ2v) is 5.71. The fourth-order valence-electron chi connectivity index (χ4n) is 3.14. The van der Waals surface area contributed by atoms with Gasteiger partial charge in [0.15, 0.2) is 0 Å². The van der Waals surface area contributed by atoms with Crippen LogP contribution in [0.25, 0.3) is 5.69 Å². The van der Waals surface area contributed by atoms with Crippen molar-refractivity contribution in [3.63, 3.8) is 0 Å². The van der Waals surface area contributed by atoms with Crippen LogP contribution >= 0.6 is 0 Å². The van der Waals surface area contributed by atoms with Crippen LogP contribution in [0.4, 0.5) is 0 Å². The highest BCUT2D eigenvalue weighted by Crippen LogP contribution is 2.24. The number of nitrogens with one attached hydrogen (secondary N) is 1. The zero-order chi connectivity index (χ0) is 16.4. The van der Waals surface area contributed by atoms with E-state index in [4.69, 9.17) is 4.84 Å². The summed E-state index contributed by atoms with van der Waals surface area (Å²) in [6, 6.07) is 7.40. The average molecular weight is 326 g/mol. The number of hydrogen-bond donors (Lipinski definition) is 1. The number of para-hydroxylation sites is 1. The van der Waals surface area contributed by atoms with Gasteiger partial charge in [0.2, 0.25) is 0 Å². The van der Waals surface area contributed by atoms with Crippen molar-refractivity contribution < 1.29 is 9.63 Å². The molecule has 24 heavy (non-hydrogen) atoms. The number of aromatic nitrogens is 3. The minimum atomic E-state index is -0.0800. The van der Waals surface area contributed by atoms with Crippen LogP contribution in [0.1, 0.15) is 29.6 Å². The van der Waals surface area contributed by atoms with Crippen molar-refractivity contribution in [3.05, 3.63) is 54.7 Å². The van der Waals surface area contributed by atoms with E-state index in [1.165, 1.54) is 4.80 Å². The molecule has 0 saturated carbocycles. The van der Waals surface area contributed by atoms with Gasteiger partial charge in [0.1, 0.15) is 12.4 Å². The molecule has 1 aromatic heterocycles. The molecule has 2 aliphatic rings. The monoisotopic (exact) mass is 326 g/mol. The Morgan fingerprint density at radius 3 is 2.83 bits per heavy atom. The minimum absolute atomic E-state index is 0.0327. The average Bonchev–Trinajstić information content (AvgIpc) is 3.35. The number of amides is 1. The predicted octanol–water partition coefficient (Wildman–Crippen LogP) is 1.44. The summed E-state index contributed by atoms with van der Waals surface area (Å²) in [4.78, 5) is 21.6. The SMILES string of the molecule is O=C(c1ccccc1-n1nccn1)N1CCCCC1N1C=CON1. The van der Waals surface area contributed by atoms with Crippen molar-refractivity contribution in [2.45, 2.75) is 25.4 Å². The summed E-state index contributed by atoms with van der Waals surface area (Å²) in [5.74, 6) is -0.0327. The van der Waals surface area contributed by atoms with Crippen LogP contribution < -0.4 is 5.59 Å². The van der Waals surface area contributed by atoms with E-state index < -0.39 is 0 Å². The molecule has 2 aromatic rings. The molecule has 0 bridgehead atoms. The van der Waals surface area contributed by atoms with E-state index in [2.05, 4.69) is 15.8 Å². The number of hydrazine groups is 1. The Balaban J connectivity index is 1.66. The number of carbonyl (C=O) groups excluding carboxylic acids is 1. The number of nitrogens with zero attached hydrogens (tertiary/aromatic N) is 5. The van der Waals surface area contributed by atoms with E-state index in [0.717, 1.165) is 19.3 Å². The molecule has 3 heterocycles. The Morgan fingerprint density at radius 1 is 1.21 bits per heavy atom. The lowest BCUT2D eigenvalue weighted by molar-refractivity contribution is -0.0476.